The third-order valence-electron chi connectivity index (χ3n) is 2.29. The minimum Gasteiger partial charge on any atom is -0.384 e. The Labute approximate surface area is 111 Å². The van der Waals surface area contributed by atoms with E-state index in [0.717, 1.165) is 10.7 Å². The van der Waals surface area contributed by atoms with Crippen LogP contribution in [0, 0.1) is 5.82 Å². The molecule has 1 aromatic carbocycles. The highest BCUT2D eigenvalue weighted by atomic mass is 79.9. The standard InChI is InChI=1S/C12H8BrClFNO/c13-8-1-2-11(14)10(4-8)12(17)7-3-9(15)6-16-5-7/h1-6,12,17H. The average Bonchev–Trinajstić information content (AvgIpc) is 2.31. The zero-order chi connectivity index (χ0) is 12.4. The van der Waals surface area contributed by atoms with E-state index in [1.54, 1.807) is 18.2 Å². The van der Waals surface area contributed by atoms with Gasteiger partial charge in [0.15, 0.2) is 0 Å². The van der Waals surface area contributed by atoms with Crippen LogP contribution in [-0.2, 0) is 0 Å². The van der Waals surface area contributed by atoms with Gasteiger partial charge < -0.3 is 5.11 Å². The molecule has 0 saturated carbocycles. The van der Waals surface area contributed by atoms with Gasteiger partial charge in [0, 0.05) is 26.8 Å². The van der Waals surface area contributed by atoms with Crippen LogP contribution in [0.15, 0.2) is 41.1 Å². The van der Waals surface area contributed by atoms with Crippen molar-refractivity contribution in [1.29, 1.82) is 0 Å². The van der Waals surface area contributed by atoms with E-state index in [9.17, 15) is 9.50 Å². The third kappa shape index (κ3) is 2.83. The molecule has 0 fully saturated rings. The number of hydrogen-bond donors (Lipinski definition) is 1. The zero-order valence-electron chi connectivity index (χ0n) is 8.57. The monoisotopic (exact) mass is 315 g/mol. The Balaban J connectivity index is 2.43. The molecular formula is C12H8BrClFNO. The van der Waals surface area contributed by atoms with Gasteiger partial charge in [0.25, 0.3) is 0 Å². The topological polar surface area (TPSA) is 33.1 Å². The number of aliphatic hydroxyl groups is 1. The fourth-order valence-electron chi connectivity index (χ4n) is 1.48. The van der Waals surface area contributed by atoms with E-state index < -0.39 is 11.9 Å². The first kappa shape index (κ1) is 12.5. The molecule has 0 aliphatic rings. The van der Waals surface area contributed by atoms with Gasteiger partial charge in [-0.1, -0.05) is 27.5 Å². The molecule has 2 aromatic rings. The summed E-state index contributed by atoms with van der Waals surface area (Å²) in [5.41, 5.74) is 0.874. The van der Waals surface area contributed by atoms with Gasteiger partial charge in [-0.3, -0.25) is 4.98 Å². The lowest BCUT2D eigenvalue weighted by atomic mass is 10.0. The zero-order valence-corrected chi connectivity index (χ0v) is 10.9. The summed E-state index contributed by atoms with van der Waals surface area (Å²) in [6.07, 6.45) is 1.49. The molecule has 0 bridgehead atoms. The van der Waals surface area contributed by atoms with E-state index >= 15 is 0 Å². The van der Waals surface area contributed by atoms with Crippen LogP contribution in [0.3, 0.4) is 0 Å². The molecule has 1 heterocycles. The lowest BCUT2D eigenvalue weighted by Gasteiger charge is -2.13. The normalized spacial score (nSPS) is 12.5. The molecule has 2 rings (SSSR count). The maximum atomic E-state index is 13.0. The highest BCUT2D eigenvalue weighted by molar-refractivity contribution is 9.10. The van der Waals surface area contributed by atoms with Gasteiger partial charge >= 0.3 is 0 Å². The van der Waals surface area contributed by atoms with Crippen molar-refractivity contribution in [2.75, 3.05) is 0 Å². The molecule has 0 amide bonds. The summed E-state index contributed by atoms with van der Waals surface area (Å²) in [4.78, 5) is 3.69. The predicted octanol–water partition coefficient (Wildman–Crippen LogP) is 3.72. The van der Waals surface area contributed by atoms with Crippen molar-refractivity contribution >= 4 is 27.5 Å². The molecule has 0 saturated heterocycles. The van der Waals surface area contributed by atoms with Gasteiger partial charge in [0.1, 0.15) is 11.9 Å². The van der Waals surface area contributed by atoms with E-state index in [4.69, 9.17) is 11.6 Å². The summed E-state index contributed by atoms with van der Waals surface area (Å²) in [5.74, 6) is -0.493. The van der Waals surface area contributed by atoms with Crippen LogP contribution in [0.25, 0.3) is 0 Å². The number of hydrogen-bond acceptors (Lipinski definition) is 2. The highest BCUT2D eigenvalue weighted by Crippen LogP contribution is 2.30. The van der Waals surface area contributed by atoms with Crippen LogP contribution in [0.1, 0.15) is 17.2 Å². The summed E-state index contributed by atoms with van der Waals surface area (Å²) in [7, 11) is 0. The summed E-state index contributed by atoms with van der Waals surface area (Å²) in [6, 6.07) is 6.35. The van der Waals surface area contributed by atoms with Gasteiger partial charge in [0.05, 0.1) is 6.20 Å². The molecule has 0 radical (unpaired) electrons. The lowest BCUT2D eigenvalue weighted by Crippen LogP contribution is -2.01. The molecule has 1 N–H and O–H groups in total. The molecule has 1 atom stereocenters. The van der Waals surface area contributed by atoms with Crippen LogP contribution in [0.4, 0.5) is 4.39 Å². The third-order valence-corrected chi connectivity index (χ3v) is 3.13. The van der Waals surface area contributed by atoms with E-state index in [-0.39, 0.29) is 0 Å². The molecule has 2 nitrogen and oxygen atoms in total. The lowest BCUT2D eigenvalue weighted by molar-refractivity contribution is 0.219. The van der Waals surface area contributed by atoms with Crippen LogP contribution in [0.5, 0.6) is 0 Å². The van der Waals surface area contributed by atoms with Crippen molar-refractivity contribution in [3.63, 3.8) is 0 Å². The average molecular weight is 317 g/mol. The Morgan fingerprint density at radius 3 is 2.76 bits per heavy atom. The van der Waals surface area contributed by atoms with Gasteiger partial charge in [0.2, 0.25) is 0 Å². The Kier molecular flexibility index (Phi) is 3.76. The van der Waals surface area contributed by atoms with Gasteiger partial charge in [-0.05, 0) is 24.3 Å². The summed E-state index contributed by atoms with van der Waals surface area (Å²) >= 11 is 9.28. The van der Waals surface area contributed by atoms with Crippen molar-refractivity contribution in [3.8, 4) is 0 Å². The van der Waals surface area contributed by atoms with Crippen LogP contribution >= 0.6 is 27.5 Å². The van der Waals surface area contributed by atoms with E-state index in [1.807, 2.05) is 0 Å². The molecule has 0 aliphatic heterocycles. The van der Waals surface area contributed by atoms with Crippen LogP contribution < -0.4 is 0 Å². The van der Waals surface area contributed by atoms with Gasteiger partial charge in [-0.25, -0.2) is 4.39 Å². The maximum Gasteiger partial charge on any atom is 0.141 e. The molecule has 0 spiro atoms. The SMILES string of the molecule is OC(c1cncc(F)c1)c1cc(Br)ccc1Cl. The number of benzene rings is 1. The van der Waals surface area contributed by atoms with Crippen molar-refractivity contribution in [1.82, 2.24) is 4.98 Å². The highest BCUT2D eigenvalue weighted by Gasteiger charge is 2.15. The second kappa shape index (κ2) is 5.12. The van der Waals surface area contributed by atoms with E-state index in [0.29, 0.717) is 16.1 Å². The number of rotatable bonds is 2. The fourth-order valence-corrected chi connectivity index (χ4v) is 2.08. The van der Waals surface area contributed by atoms with Crippen molar-refractivity contribution < 1.29 is 9.50 Å². The molecule has 1 aromatic heterocycles. The minimum absolute atomic E-state index is 0.366. The molecule has 88 valence electrons. The number of aromatic nitrogens is 1. The largest absolute Gasteiger partial charge is 0.384 e. The first-order valence-corrected chi connectivity index (χ1v) is 5.98. The minimum atomic E-state index is -0.997. The van der Waals surface area contributed by atoms with E-state index in [1.165, 1.54) is 12.3 Å². The first-order valence-electron chi connectivity index (χ1n) is 4.81. The Morgan fingerprint density at radius 1 is 1.29 bits per heavy atom. The van der Waals surface area contributed by atoms with E-state index in [2.05, 4.69) is 20.9 Å². The molecule has 5 heteroatoms. The Morgan fingerprint density at radius 2 is 2.06 bits per heavy atom. The number of nitrogens with zero attached hydrogens (tertiary/aromatic N) is 1. The first-order chi connectivity index (χ1) is 8.08. The molecule has 17 heavy (non-hydrogen) atoms. The van der Waals surface area contributed by atoms with Crippen LogP contribution in [0.2, 0.25) is 5.02 Å². The molecule has 1 unspecified atom stereocenters. The second-order valence-electron chi connectivity index (χ2n) is 3.50. The molecular weight excluding hydrogens is 308 g/mol. The van der Waals surface area contributed by atoms with Crippen molar-refractivity contribution in [3.05, 3.63) is 63.1 Å². The molecule has 0 aliphatic carbocycles. The van der Waals surface area contributed by atoms with Crippen molar-refractivity contribution in [2.24, 2.45) is 0 Å². The quantitative estimate of drug-likeness (QED) is 0.916. The summed E-state index contributed by atoms with van der Waals surface area (Å²) in [6.45, 7) is 0. The summed E-state index contributed by atoms with van der Waals surface area (Å²) in [5, 5.41) is 10.5. The number of aliphatic hydroxyl groups excluding tert-OH is 1. The van der Waals surface area contributed by atoms with Crippen molar-refractivity contribution in [2.45, 2.75) is 6.10 Å². The fraction of sp³-hybridized carbons (Fsp3) is 0.0833. The van der Waals surface area contributed by atoms with Gasteiger partial charge in [-0.15, -0.1) is 0 Å². The van der Waals surface area contributed by atoms with Gasteiger partial charge in [-0.2, -0.15) is 0 Å². The smallest absolute Gasteiger partial charge is 0.141 e. The summed E-state index contributed by atoms with van der Waals surface area (Å²) < 4.78 is 13.8. The Hall–Kier alpha value is -0.970. The predicted molar refractivity (Wildman–Crippen MR) is 67.4 cm³/mol. The second-order valence-corrected chi connectivity index (χ2v) is 4.83. The maximum absolute atomic E-state index is 13.0. The number of halogens is 3. The number of pyridine rings is 1. The Bertz CT molecular complexity index is 550. The van der Waals surface area contributed by atoms with Crippen LogP contribution in [-0.4, -0.2) is 10.1 Å².